The van der Waals surface area contributed by atoms with E-state index in [2.05, 4.69) is 47.2 Å². The molecule has 0 spiro atoms. The molecular formula is C14H15BrClNS. The van der Waals surface area contributed by atoms with Crippen LogP contribution in [0.25, 0.3) is 0 Å². The molecule has 0 aliphatic rings. The molecule has 2 aromatic rings. The summed E-state index contributed by atoms with van der Waals surface area (Å²) in [5.41, 5.74) is 1.19. The third-order valence-corrected chi connectivity index (χ3v) is 4.75. The summed E-state index contributed by atoms with van der Waals surface area (Å²) < 4.78 is 1.09. The monoisotopic (exact) mass is 343 g/mol. The Morgan fingerprint density at radius 2 is 2.11 bits per heavy atom. The fraction of sp³-hybridized carbons (Fsp3) is 0.286. The third-order valence-electron chi connectivity index (χ3n) is 2.72. The van der Waals surface area contributed by atoms with Gasteiger partial charge in [-0.3, -0.25) is 0 Å². The minimum Gasteiger partial charge on any atom is -0.306 e. The first-order chi connectivity index (χ1) is 8.61. The van der Waals surface area contributed by atoms with Crippen LogP contribution in [0.5, 0.6) is 0 Å². The number of hydrogen-bond acceptors (Lipinski definition) is 2. The lowest BCUT2D eigenvalue weighted by Crippen LogP contribution is -2.21. The number of aryl methyl sites for hydroxylation is 1. The molecule has 2 rings (SSSR count). The molecule has 18 heavy (non-hydrogen) atoms. The van der Waals surface area contributed by atoms with Crippen LogP contribution < -0.4 is 5.32 Å². The van der Waals surface area contributed by atoms with Crippen molar-refractivity contribution in [2.45, 2.75) is 19.9 Å². The van der Waals surface area contributed by atoms with Gasteiger partial charge in [-0.25, -0.2) is 0 Å². The molecular weight excluding hydrogens is 330 g/mol. The Bertz CT molecular complexity index is 538. The van der Waals surface area contributed by atoms with Gasteiger partial charge in [0.05, 0.1) is 6.04 Å². The van der Waals surface area contributed by atoms with Gasteiger partial charge in [0.1, 0.15) is 0 Å². The first-order valence-electron chi connectivity index (χ1n) is 5.86. The standard InChI is InChI=1S/C14H15BrClNS/c1-3-17-14(13-7-4-9(2)18-13)11-8-10(16)5-6-12(11)15/h4-8,14,17H,3H2,1-2H3. The van der Waals surface area contributed by atoms with E-state index in [-0.39, 0.29) is 6.04 Å². The Morgan fingerprint density at radius 3 is 2.72 bits per heavy atom. The Labute approximate surface area is 125 Å². The van der Waals surface area contributed by atoms with E-state index in [1.54, 1.807) is 0 Å². The fourth-order valence-corrected chi connectivity index (χ4v) is 3.54. The van der Waals surface area contributed by atoms with Crippen LogP contribution in [0.3, 0.4) is 0 Å². The number of halogens is 2. The van der Waals surface area contributed by atoms with E-state index in [1.165, 1.54) is 15.3 Å². The summed E-state index contributed by atoms with van der Waals surface area (Å²) in [5, 5.41) is 4.29. The maximum absolute atomic E-state index is 6.11. The van der Waals surface area contributed by atoms with Gasteiger partial charge < -0.3 is 5.32 Å². The smallest absolute Gasteiger partial charge is 0.0682 e. The maximum Gasteiger partial charge on any atom is 0.0682 e. The summed E-state index contributed by atoms with van der Waals surface area (Å²) in [6.07, 6.45) is 0. The Balaban J connectivity index is 2.44. The van der Waals surface area contributed by atoms with E-state index in [0.29, 0.717) is 0 Å². The second-order valence-corrected chi connectivity index (χ2v) is 6.72. The topological polar surface area (TPSA) is 12.0 Å². The highest BCUT2D eigenvalue weighted by Gasteiger charge is 2.17. The number of rotatable bonds is 4. The zero-order chi connectivity index (χ0) is 13.1. The molecule has 1 N–H and O–H groups in total. The predicted octanol–water partition coefficient (Wildman–Crippen LogP) is 5.17. The van der Waals surface area contributed by atoms with Gasteiger partial charge in [-0.05, 0) is 49.4 Å². The Kier molecular flexibility index (Phi) is 4.84. The van der Waals surface area contributed by atoms with Crippen LogP contribution in [0.15, 0.2) is 34.8 Å². The van der Waals surface area contributed by atoms with E-state index in [1.807, 2.05) is 29.5 Å². The Hall–Kier alpha value is -0.350. The normalized spacial score (nSPS) is 12.7. The molecule has 1 aromatic carbocycles. The molecule has 1 atom stereocenters. The molecule has 96 valence electrons. The van der Waals surface area contributed by atoms with Gasteiger partial charge in [0, 0.05) is 19.2 Å². The van der Waals surface area contributed by atoms with Crippen molar-refractivity contribution in [1.29, 1.82) is 0 Å². The highest BCUT2D eigenvalue weighted by molar-refractivity contribution is 9.10. The second kappa shape index (κ2) is 6.20. The molecule has 4 heteroatoms. The molecule has 0 fully saturated rings. The largest absolute Gasteiger partial charge is 0.306 e. The quantitative estimate of drug-likeness (QED) is 0.806. The van der Waals surface area contributed by atoms with Gasteiger partial charge >= 0.3 is 0 Å². The SMILES string of the molecule is CCNC(c1ccc(C)s1)c1cc(Cl)ccc1Br. The number of nitrogens with one attached hydrogen (secondary N) is 1. The van der Waals surface area contributed by atoms with Crippen LogP contribution in [0.1, 0.15) is 28.3 Å². The minimum absolute atomic E-state index is 0.196. The van der Waals surface area contributed by atoms with Gasteiger partial charge in [0.2, 0.25) is 0 Å². The molecule has 0 saturated heterocycles. The van der Waals surface area contributed by atoms with Gasteiger partial charge in [0.25, 0.3) is 0 Å². The summed E-state index contributed by atoms with van der Waals surface area (Å²) in [6, 6.07) is 10.5. The molecule has 0 aliphatic heterocycles. The van der Waals surface area contributed by atoms with E-state index in [0.717, 1.165) is 16.0 Å². The van der Waals surface area contributed by atoms with E-state index in [4.69, 9.17) is 11.6 Å². The van der Waals surface area contributed by atoms with Gasteiger partial charge in [-0.15, -0.1) is 11.3 Å². The van der Waals surface area contributed by atoms with E-state index >= 15 is 0 Å². The van der Waals surface area contributed by atoms with Gasteiger partial charge in [0.15, 0.2) is 0 Å². The van der Waals surface area contributed by atoms with Crippen LogP contribution in [0.2, 0.25) is 5.02 Å². The molecule has 1 nitrogen and oxygen atoms in total. The van der Waals surface area contributed by atoms with Crippen molar-refractivity contribution in [2.75, 3.05) is 6.54 Å². The maximum atomic E-state index is 6.11. The highest BCUT2D eigenvalue weighted by Crippen LogP contribution is 2.33. The molecule has 1 aromatic heterocycles. The van der Waals surface area contributed by atoms with Crippen molar-refractivity contribution in [3.8, 4) is 0 Å². The molecule has 0 saturated carbocycles. The summed E-state index contributed by atoms with van der Waals surface area (Å²) in [7, 11) is 0. The predicted molar refractivity (Wildman–Crippen MR) is 83.7 cm³/mol. The second-order valence-electron chi connectivity index (χ2n) is 4.10. The van der Waals surface area contributed by atoms with Crippen molar-refractivity contribution in [2.24, 2.45) is 0 Å². The fourth-order valence-electron chi connectivity index (χ4n) is 1.91. The lowest BCUT2D eigenvalue weighted by Gasteiger charge is -2.18. The number of hydrogen-bond donors (Lipinski definition) is 1. The molecule has 1 heterocycles. The summed E-state index contributed by atoms with van der Waals surface area (Å²) in [6.45, 7) is 5.16. The third kappa shape index (κ3) is 3.15. The van der Waals surface area contributed by atoms with Gasteiger partial charge in [-0.1, -0.05) is 34.5 Å². The highest BCUT2D eigenvalue weighted by atomic mass is 79.9. The lowest BCUT2D eigenvalue weighted by atomic mass is 10.1. The first-order valence-corrected chi connectivity index (χ1v) is 7.85. The average molecular weight is 345 g/mol. The van der Waals surface area contributed by atoms with Crippen LogP contribution >= 0.6 is 38.9 Å². The Morgan fingerprint density at radius 1 is 1.33 bits per heavy atom. The van der Waals surface area contributed by atoms with Crippen molar-refractivity contribution >= 4 is 38.9 Å². The molecule has 0 bridgehead atoms. The van der Waals surface area contributed by atoms with E-state index < -0.39 is 0 Å². The van der Waals surface area contributed by atoms with Crippen molar-refractivity contribution in [3.05, 3.63) is 55.1 Å². The zero-order valence-electron chi connectivity index (χ0n) is 10.3. The first kappa shape index (κ1) is 14.1. The molecule has 0 aliphatic carbocycles. The molecule has 1 unspecified atom stereocenters. The van der Waals surface area contributed by atoms with Crippen LogP contribution in [-0.4, -0.2) is 6.54 Å². The number of thiophene rings is 1. The summed E-state index contributed by atoms with van der Waals surface area (Å²) in [5.74, 6) is 0. The summed E-state index contributed by atoms with van der Waals surface area (Å²) >= 11 is 11.5. The van der Waals surface area contributed by atoms with Crippen molar-refractivity contribution in [3.63, 3.8) is 0 Å². The number of benzene rings is 1. The van der Waals surface area contributed by atoms with Crippen molar-refractivity contribution in [1.82, 2.24) is 5.32 Å². The average Bonchev–Trinajstić information content (AvgIpc) is 2.76. The summed E-state index contributed by atoms with van der Waals surface area (Å²) in [4.78, 5) is 2.64. The molecule has 0 amide bonds. The molecule has 0 radical (unpaired) electrons. The minimum atomic E-state index is 0.196. The van der Waals surface area contributed by atoms with Crippen molar-refractivity contribution < 1.29 is 0 Å². The van der Waals surface area contributed by atoms with Crippen LogP contribution in [-0.2, 0) is 0 Å². The van der Waals surface area contributed by atoms with Gasteiger partial charge in [-0.2, -0.15) is 0 Å². The van der Waals surface area contributed by atoms with Crippen LogP contribution in [0, 0.1) is 6.92 Å². The van der Waals surface area contributed by atoms with E-state index in [9.17, 15) is 0 Å². The van der Waals surface area contributed by atoms with Crippen LogP contribution in [0.4, 0.5) is 0 Å². The lowest BCUT2D eigenvalue weighted by molar-refractivity contribution is 0.637. The zero-order valence-corrected chi connectivity index (χ0v) is 13.5.